The molecule has 0 amide bonds. The lowest BCUT2D eigenvalue weighted by atomic mass is 10.2. The van der Waals surface area contributed by atoms with E-state index in [9.17, 15) is 4.39 Å². The van der Waals surface area contributed by atoms with E-state index in [0.29, 0.717) is 17.0 Å². The summed E-state index contributed by atoms with van der Waals surface area (Å²) in [4.78, 5) is 4.83. The standard InChI is InChI=1S/C12H11FN2S/c13-10-4-2-1-3-9(10)8-16-12-5-6-15-7-11(12)14/h1-7H,8,14H2. The molecular formula is C12H11FN2S. The minimum atomic E-state index is -0.178. The third kappa shape index (κ3) is 2.52. The van der Waals surface area contributed by atoms with Crippen LogP contribution in [0.3, 0.4) is 0 Å². The van der Waals surface area contributed by atoms with Crippen molar-refractivity contribution in [1.82, 2.24) is 4.98 Å². The number of aromatic nitrogens is 1. The van der Waals surface area contributed by atoms with E-state index < -0.39 is 0 Å². The van der Waals surface area contributed by atoms with Crippen molar-refractivity contribution in [2.75, 3.05) is 5.73 Å². The van der Waals surface area contributed by atoms with E-state index in [4.69, 9.17) is 5.73 Å². The van der Waals surface area contributed by atoms with E-state index in [1.54, 1.807) is 24.5 Å². The molecule has 2 rings (SSSR count). The number of nitrogen functional groups attached to an aromatic ring is 1. The number of nitrogens with zero attached hydrogens (tertiary/aromatic N) is 1. The van der Waals surface area contributed by atoms with Crippen LogP contribution in [0.2, 0.25) is 0 Å². The van der Waals surface area contributed by atoms with Gasteiger partial charge >= 0.3 is 0 Å². The third-order valence-electron chi connectivity index (χ3n) is 2.15. The van der Waals surface area contributed by atoms with Crippen molar-refractivity contribution < 1.29 is 4.39 Å². The summed E-state index contributed by atoms with van der Waals surface area (Å²) < 4.78 is 13.3. The summed E-state index contributed by atoms with van der Waals surface area (Å²) in [6.45, 7) is 0. The number of hydrogen-bond acceptors (Lipinski definition) is 3. The first-order chi connectivity index (χ1) is 7.77. The van der Waals surface area contributed by atoms with Crippen LogP contribution in [0.15, 0.2) is 47.6 Å². The number of benzene rings is 1. The first-order valence-corrected chi connectivity index (χ1v) is 5.81. The van der Waals surface area contributed by atoms with Crippen molar-refractivity contribution in [1.29, 1.82) is 0 Å². The van der Waals surface area contributed by atoms with Crippen molar-refractivity contribution in [3.8, 4) is 0 Å². The molecule has 0 saturated carbocycles. The maximum Gasteiger partial charge on any atom is 0.127 e. The molecule has 0 fully saturated rings. The summed E-state index contributed by atoms with van der Waals surface area (Å²) in [5, 5.41) is 0. The minimum Gasteiger partial charge on any atom is -0.397 e. The topological polar surface area (TPSA) is 38.9 Å². The molecule has 0 atom stereocenters. The first-order valence-electron chi connectivity index (χ1n) is 4.83. The van der Waals surface area contributed by atoms with Crippen LogP contribution < -0.4 is 5.73 Å². The van der Waals surface area contributed by atoms with E-state index in [-0.39, 0.29) is 5.82 Å². The molecule has 0 aliphatic heterocycles. The van der Waals surface area contributed by atoms with E-state index in [1.165, 1.54) is 17.8 Å². The lowest BCUT2D eigenvalue weighted by Gasteiger charge is -2.05. The summed E-state index contributed by atoms with van der Waals surface area (Å²) in [7, 11) is 0. The van der Waals surface area contributed by atoms with Gasteiger partial charge in [-0.15, -0.1) is 11.8 Å². The zero-order valence-corrected chi connectivity index (χ0v) is 9.38. The van der Waals surface area contributed by atoms with Crippen LogP contribution in [0.4, 0.5) is 10.1 Å². The monoisotopic (exact) mass is 234 g/mol. The average Bonchev–Trinajstić information content (AvgIpc) is 2.30. The molecule has 0 saturated heterocycles. The quantitative estimate of drug-likeness (QED) is 0.829. The van der Waals surface area contributed by atoms with Crippen molar-refractivity contribution in [2.24, 2.45) is 0 Å². The van der Waals surface area contributed by atoms with E-state index in [1.807, 2.05) is 12.1 Å². The van der Waals surface area contributed by atoms with Gasteiger partial charge in [0.25, 0.3) is 0 Å². The summed E-state index contributed by atoms with van der Waals surface area (Å²) >= 11 is 1.51. The van der Waals surface area contributed by atoms with Gasteiger partial charge in [-0.1, -0.05) is 18.2 Å². The smallest absolute Gasteiger partial charge is 0.127 e. The highest BCUT2D eigenvalue weighted by molar-refractivity contribution is 7.98. The van der Waals surface area contributed by atoms with Gasteiger partial charge in [0.05, 0.1) is 11.9 Å². The van der Waals surface area contributed by atoms with E-state index in [0.717, 1.165) is 4.90 Å². The molecule has 2 N–H and O–H groups in total. The number of hydrogen-bond donors (Lipinski definition) is 1. The molecular weight excluding hydrogens is 223 g/mol. The highest BCUT2D eigenvalue weighted by Crippen LogP contribution is 2.27. The lowest BCUT2D eigenvalue weighted by molar-refractivity contribution is 0.617. The predicted molar refractivity (Wildman–Crippen MR) is 64.6 cm³/mol. The van der Waals surface area contributed by atoms with Gasteiger partial charge in [-0.25, -0.2) is 4.39 Å². The molecule has 0 radical (unpaired) electrons. The summed E-state index contributed by atoms with van der Waals surface area (Å²) in [6.07, 6.45) is 3.28. The van der Waals surface area contributed by atoms with Gasteiger partial charge in [-0.2, -0.15) is 0 Å². The van der Waals surface area contributed by atoms with E-state index >= 15 is 0 Å². The van der Waals surface area contributed by atoms with Crippen LogP contribution in [-0.4, -0.2) is 4.98 Å². The van der Waals surface area contributed by atoms with Crippen LogP contribution >= 0.6 is 11.8 Å². The molecule has 1 aromatic heterocycles. The molecule has 16 heavy (non-hydrogen) atoms. The minimum absolute atomic E-state index is 0.178. The van der Waals surface area contributed by atoms with Gasteiger partial charge in [0.15, 0.2) is 0 Å². The Morgan fingerprint density at radius 3 is 2.81 bits per heavy atom. The van der Waals surface area contributed by atoms with Crippen molar-refractivity contribution in [2.45, 2.75) is 10.6 Å². The fraction of sp³-hybridized carbons (Fsp3) is 0.0833. The first kappa shape index (κ1) is 11.0. The second-order valence-electron chi connectivity index (χ2n) is 3.29. The average molecular weight is 234 g/mol. The SMILES string of the molecule is Nc1cnccc1SCc1ccccc1F. The molecule has 0 bridgehead atoms. The summed E-state index contributed by atoms with van der Waals surface area (Å²) in [5.41, 5.74) is 7.06. The third-order valence-corrected chi connectivity index (χ3v) is 3.29. The molecule has 1 aromatic carbocycles. The van der Waals surface area contributed by atoms with Crippen molar-refractivity contribution >= 4 is 17.4 Å². The van der Waals surface area contributed by atoms with Crippen LogP contribution in [0, 0.1) is 5.82 Å². The van der Waals surface area contributed by atoms with Gasteiger partial charge in [0, 0.05) is 16.8 Å². The molecule has 1 heterocycles. The molecule has 0 aliphatic carbocycles. The summed E-state index contributed by atoms with van der Waals surface area (Å²) in [5.74, 6) is 0.392. The largest absolute Gasteiger partial charge is 0.397 e. The highest BCUT2D eigenvalue weighted by atomic mass is 32.2. The Morgan fingerprint density at radius 2 is 2.06 bits per heavy atom. The molecule has 0 spiro atoms. The summed E-state index contributed by atoms with van der Waals surface area (Å²) in [6, 6.07) is 8.59. The van der Waals surface area contributed by atoms with Crippen LogP contribution in [-0.2, 0) is 5.75 Å². The second kappa shape index (κ2) is 4.99. The molecule has 0 aliphatic rings. The Kier molecular flexibility index (Phi) is 3.41. The molecule has 2 nitrogen and oxygen atoms in total. The Hall–Kier alpha value is -1.55. The Bertz CT molecular complexity index is 442. The Morgan fingerprint density at radius 1 is 1.25 bits per heavy atom. The molecule has 82 valence electrons. The molecule has 0 unspecified atom stereocenters. The van der Waals surface area contributed by atoms with Gasteiger partial charge in [-0.3, -0.25) is 4.98 Å². The Labute approximate surface area is 97.7 Å². The van der Waals surface area contributed by atoms with Crippen molar-refractivity contribution in [3.63, 3.8) is 0 Å². The number of nitrogens with two attached hydrogens (primary N) is 1. The highest BCUT2D eigenvalue weighted by Gasteiger charge is 2.03. The number of pyridine rings is 1. The van der Waals surface area contributed by atoms with Crippen LogP contribution in [0.1, 0.15) is 5.56 Å². The van der Waals surface area contributed by atoms with Crippen molar-refractivity contribution in [3.05, 3.63) is 54.1 Å². The fourth-order valence-corrected chi connectivity index (χ4v) is 2.22. The van der Waals surface area contributed by atoms with Gasteiger partial charge < -0.3 is 5.73 Å². The van der Waals surface area contributed by atoms with E-state index in [2.05, 4.69) is 4.98 Å². The number of thioether (sulfide) groups is 1. The van der Waals surface area contributed by atoms with Crippen LogP contribution in [0.25, 0.3) is 0 Å². The zero-order chi connectivity index (χ0) is 11.4. The zero-order valence-electron chi connectivity index (χ0n) is 8.56. The Balaban J connectivity index is 2.09. The number of anilines is 1. The second-order valence-corrected chi connectivity index (χ2v) is 4.31. The lowest BCUT2D eigenvalue weighted by Crippen LogP contribution is -1.91. The van der Waals surface area contributed by atoms with Gasteiger partial charge in [-0.05, 0) is 17.7 Å². The van der Waals surface area contributed by atoms with Gasteiger partial charge in [0.2, 0.25) is 0 Å². The number of halogens is 1. The molecule has 4 heteroatoms. The normalized spacial score (nSPS) is 10.3. The predicted octanol–water partition coefficient (Wildman–Crippen LogP) is 3.10. The molecule has 2 aromatic rings. The van der Waals surface area contributed by atoms with Gasteiger partial charge in [0.1, 0.15) is 5.82 Å². The fourth-order valence-electron chi connectivity index (χ4n) is 1.30. The maximum atomic E-state index is 13.3. The maximum absolute atomic E-state index is 13.3. The number of rotatable bonds is 3. The van der Waals surface area contributed by atoms with Crippen LogP contribution in [0.5, 0.6) is 0 Å².